The predicted octanol–water partition coefficient (Wildman–Crippen LogP) is 2.30. The Kier molecular flexibility index (Phi) is 5.01. The van der Waals surface area contributed by atoms with Crippen molar-refractivity contribution in [3.63, 3.8) is 0 Å². The molecule has 0 spiro atoms. The largest absolute Gasteiger partial charge is 0.399 e. The number of nitrogen functional groups attached to an aromatic ring is 1. The summed E-state index contributed by atoms with van der Waals surface area (Å²) in [6.07, 6.45) is 3.87. The monoisotopic (exact) mass is 275 g/mol. The summed E-state index contributed by atoms with van der Waals surface area (Å²) in [6.45, 7) is 3.91. The Hall–Kier alpha value is -2.01. The minimum atomic E-state index is -0.110. The Balaban J connectivity index is 1.89. The SMILES string of the molecule is CCCCOCCNC(=O)c1c[nH]c2ccc(N)cc12. The summed E-state index contributed by atoms with van der Waals surface area (Å²) >= 11 is 0. The fourth-order valence-corrected chi connectivity index (χ4v) is 2.01. The molecule has 1 amide bonds. The van der Waals surface area contributed by atoms with E-state index in [4.69, 9.17) is 10.5 Å². The number of aromatic amines is 1. The number of rotatable bonds is 7. The van der Waals surface area contributed by atoms with Gasteiger partial charge in [-0.15, -0.1) is 0 Å². The van der Waals surface area contributed by atoms with Gasteiger partial charge in [-0.3, -0.25) is 4.79 Å². The average Bonchev–Trinajstić information content (AvgIpc) is 2.85. The molecule has 0 aliphatic rings. The number of unbranched alkanes of at least 4 members (excludes halogenated alkanes) is 1. The molecule has 5 heteroatoms. The molecular formula is C15H21N3O2. The lowest BCUT2D eigenvalue weighted by Crippen LogP contribution is -2.27. The van der Waals surface area contributed by atoms with Gasteiger partial charge in [0.05, 0.1) is 12.2 Å². The van der Waals surface area contributed by atoms with Crippen LogP contribution in [-0.4, -0.2) is 30.6 Å². The van der Waals surface area contributed by atoms with E-state index in [0.717, 1.165) is 30.4 Å². The summed E-state index contributed by atoms with van der Waals surface area (Å²) in [7, 11) is 0. The van der Waals surface area contributed by atoms with Crippen LogP contribution in [0.2, 0.25) is 0 Å². The molecule has 20 heavy (non-hydrogen) atoms. The number of H-pyrrole nitrogens is 1. The van der Waals surface area contributed by atoms with Gasteiger partial charge in [0.15, 0.2) is 0 Å². The van der Waals surface area contributed by atoms with E-state index < -0.39 is 0 Å². The first-order chi connectivity index (χ1) is 9.72. The summed E-state index contributed by atoms with van der Waals surface area (Å²) in [5.41, 5.74) is 7.92. The molecule has 0 aliphatic carbocycles. The third kappa shape index (κ3) is 3.51. The molecule has 1 aromatic heterocycles. The standard InChI is InChI=1S/C15H21N3O2/c1-2-3-7-20-8-6-17-15(19)13-10-18-14-5-4-11(16)9-12(13)14/h4-5,9-10,18H,2-3,6-8,16H2,1H3,(H,17,19). The maximum absolute atomic E-state index is 12.1. The molecule has 5 nitrogen and oxygen atoms in total. The number of ether oxygens (including phenoxy) is 1. The number of carbonyl (C=O) groups is 1. The zero-order chi connectivity index (χ0) is 14.4. The molecule has 0 aliphatic heterocycles. The molecule has 2 rings (SSSR count). The number of fused-ring (bicyclic) bond motifs is 1. The number of aromatic nitrogens is 1. The van der Waals surface area contributed by atoms with Gasteiger partial charge in [-0.05, 0) is 24.6 Å². The van der Waals surface area contributed by atoms with Crippen molar-refractivity contribution in [2.75, 3.05) is 25.5 Å². The van der Waals surface area contributed by atoms with Crippen LogP contribution in [0.4, 0.5) is 5.69 Å². The van der Waals surface area contributed by atoms with E-state index in [1.807, 2.05) is 12.1 Å². The zero-order valence-corrected chi connectivity index (χ0v) is 11.7. The Morgan fingerprint density at radius 2 is 2.25 bits per heavy atom. The summed E-state index contributed by atoms with van der Waals surface area (Å²) in [4.78, 5) is 15.2. The third-order valence-corrected chi connectivity index (χ3v) is 3.12. The molecule has 2 aromatic rings. The molecule has 0 bridgehead atoms. The lowest BCUT2D eigenvalue weighted by atomic mass is 10.1. The number of hydrogen-bond donors (Lipinski definition) is 3. The summed E-state index contributed by atoms with van der Waals surface area (Å²) in [5, 5.41) is 3.69. The van der Waals surface area contributed by atoms with E-state index in [0.29, 0.717) is 24.4 Å². The first-order valence-electron chi connectivity index (χ1n) is 6.95. The Morgan fingerprint density at radius 3 is 3.05 bits per heavy atom. The first-order valence-corrected chi connectivity index (χ1v) is 6.95. The minimum absolute atomic E-state index is 0.110. The number of amides is 1. The lowest BCUT2D eigenvalue weighted by molar-refractivity contribution is 0.0914. The minimum Gasteiger partial charge on any atom is -0.399 e. The second kappa shape index (κ2) is 6.96. The van der Waals surface area contributed by atoms with E-state index in [9.17, 15) is 4.79 Å². The Morgan fingerprint density at radius 1 is 1.40 bits per heavy atom. The van der Waals surface area contributed by atoms with Gasteiger partial charge in [-0.25, -0.2) is 0 Å². The molecule has 4 N–H and O–H groups in total. The van der Waals surface area contributed by atoms with Gasteiger partial charge in [0.1, 0.15) is 0 Å². The van der Waals surface area contributed by atoms with E-state index in [1.54, 1.807) is 12.3 Å². The normalized spacial score (nSPS) is 10.8. The summed E-state index contributed by atoms with van der Waals surface area (Å²) in [5.74, 6) is -0.110. The molecule has 1 heterocycles. The van der Waals surface area contributed by atoms with Gasteiger partial charge in [-0.2, -0.15) is 0 Å². The van der Waals surface area contributed by atoms with Crippen molar-refractivity contribution in [1.82, 2.24) is 10.3 Å². The van der Waals surface area contributed by atoms with Crippen molar-refractivity contribution in [2.45, 2.75) is 19.8 Å². The average molecular weight is 275 g/mol. The van der Waals surface area contributed by atoms with Crippen molar-refractivity contribution in [2.24, 2.45) is 0 Å². The van der Waals surface area contributed by atoms with Crippen LogP contribution < -0.4 is 11.1 Å². The van der Waals surface area contributed by atoms with Crippen LogP contribution in [0.25, 0.3) is 10.9 Å². The van der Waals surface area contributed by atoms with Crippen LogP contribution in [0.3, 0.4) is 0 Å². The smallest absolute Gasteiger partial charge is 0.253 e. The molecule has 0 unspecified atom stereocenters. The third-order valence-electron chi connectivity index (χ3n) is 3.12. The molecule has 0 atom stereocenters. The maximum Gasteiger partial charge on any atom is 0.253 e. The fourth-order valence-electron chi connectivity index (χ4n) is 2.01. The van der Waals surface area contributed by atoms with Crippen molar-refractivity contribution in [3.05, 3.63) is 30.0 Å². The van der Waals surface area contributed by atoms with Crippen LogP contribution in [0.1, 0.15) is 30.1 Å². The Labute approximate surface area is 118 Å². The molecule has 0 saturated carbocycles. The van der Waals surface area contributed by atoms with Gasteiger partial charge in [0.2, 0.25) is 0 Å². The number of benzene rings is 1. The topological polar surface area (TPSA) is 80.1 Å². The molecular weight excluding hydrogens is 254 g/mol. The van der Waals surface area contributed by atoms with Crippen LogP contribution in [0, 0.1) is 0 Å². The quantitative estimate of drug-likeness (QED) is 0.536. The molecule has 108 valence electrons. The molecule has 0 radical (unpaired) electrons. The van der Waals surface area contributed by atoms with Crippen molar-refractivity contribution in [1.29, 1.82) is 0 Å². The van der Waals surface area contributed by atoms with E-state index >= 15 is 0 Å². The van der Waals surface area contributed by atoms with Crippen LogP contribution in [0.15, 0.2) is 24.4 Å². The van der Waals surface area contributed by atoms with E-state index in [-0.39, 0.29) is 5.91 Å². The maximum atomic E-state index is 12.1. The van der Waals surface area contributed by atoms with Gasteiger partial charge in [-0.1, -0.05) is 13.3 Å². The number of anilines is 1. The second-order valence-corrected chi connectivity index (χ2v) is 4.73. The zero-order valence-electron chi connectivity index (χ0n) is 11.7. The number of nitrogens with two attached hydrogens (primary N) is 1. The van der Waals surface area contributed by atoms with Gasteiger partial charge < -0.3 is 20.8 Å². The van der Waals surface area contributed by atoms with Crippen LogP contribution in [0.5, 0.6) is 0 Å². The van der Waals surface area contributed by atoms with Crippen LogP contribution in [-0.2, 0) is 4.74 Å². The van der Waals surface area contributed by atoms with Gasteiger partial charge in [0, 0.05) is 35.9 Å². The number of carbonyl (C=O) groups excluding carboxylic acids is 1. The predicted molar refractivity (Wildman–Crippen MR) is 80.8 cm³/mol. The first kappa shape index (κ1) is 14.4. The summed E-state index contributed by atoms with van der Waals surface area (Å²) < 4.78 is 5.41. The molecule has 0 fully saturated rings. The fraction of sp³-hybridized carbons (Fsp3) is 0.400. The highest BCUT2D eigenvalue weighted by atomic mass is 16.5. The van der Waals surface area contributed by atoms with Gasteiger partial charge in [0.25, 0.3) is 5.91 Å². The van der Waals surface area contributed by atoms with E-state index in [2.05, 4.69) is 17.2 Å². The van der Waals surface area contributed by atoms with Crippen molar-refractivity contribution >= 4 is 22.5 Å². The molecule has 0 saturated heterocycles. The Bertz CT molecular complexity index is 578. The highest BCUT2D eigenvalue weighted by Crippen LogP contribution is 2.20. The van der Waals surface area contributed by atoms with Gasteiger partial charge >= 0.3 is 0 Å². The molecule has 1 aromatic carbocycles. The second-order valence-electron chi connectivity index (χ2n) is 4.73. The van der Waals surface area contributed by atoms with Crippen LogP contribution >= 0.6 is 0 Å². The summed E-state index contributed by atoms with van der Waals surface area (Å²) in [6, 6.07) is 5.48. The van der Waals surface area contributed by atoms with E-state index in [1.165, 1.54) is 0 Å². The highest BCUT2D eigenvalue weighted by Gasteiger charge is 2.11. The highest BCUT2D eigenvalue weighted by molar-refractivity contribution is 6.07. The number of nitrogens with one attached hydrogen (secondary N) is 2. The van der Waals surface area contributed by atoms with Crippen molar-refractivity contribution in [3.8, 4) is 0 Å². The van der Waals surface area contributed by atoms with Crippen molar-refractivity contribution < 1.29 is 9.53 Å². The number of hydrogen-bond acceptors (Lipinski definition) is 3. The lowest BCUT2D eigenvalue weighted by Gasteiger charge is -2.05.